The SMILES string of the molecule is Cc1cc(Nc2nc(C(=O)c3cccs3)nn3cccc23)n[nH]1. The lowest BCUT2D eigenvalue weighted by atomic mass is 10.3. The first-order valence-corrected chi connectivity index (χ1v) is 7.81. The number of nitrogens with zero attached hydrogens (tertiary/aromatic N) is 4. The highest BCUT2D eigenvalue weighted by Gasteiger charge is 2.17. The van der Waals surface area contributed by atoms with Crippen LogP contribution in [0.25, 0.3) is 5.52 Å². The Labute approximate surface area is 135 Å². The van der Waals surface area contributed by atoms with E-state index in [1.165, 1.54) is 11.3 Å². The van der Waals surface area contributed by atoms with E-state index in [0.29, 0.717) is 16.5 Å². The van der Waals surface area contributed by atoms with Gasteiger partial charge in [0.2, 0.25) is 11.6 Å². The summed E-state index contributed by atoms with van der Waals surface area (Å²) in [6.45, 7) is 1.91. The Morgan fingerprint density at radius 2 is 2.26 bits per heavy atom. The summed E-state index contributed by atoms with van der Waals surface area (Å²) in [7, 11) is 0. The van der Waals surface area contributed by atoms with E-state index < -0.39 is 0 Å². The molecule has 0 aliphatic heterocycles. The highest BCUT2D eigenvalue weighted by atomic mass is 32.1. The predicted molar refractivity (Wildman–Crippen MR) is 87.3 cm³/mol. The molecule has 0 aliphatic rings. The molecule has 114 valence electrons. The first-order valence-electron chi connectivity index (χ1n) is 6.93. The Hall–Kier alpha value is -3.00. The van der Waals surface area contributed by atoms with Crippen LogP contribution in [0.15, 0.2) is 41.9 Å². The molecule has 0 fully saturated rings. The third-order valence-corrected chi connectivity index (χ3v) is 4.16. The molecule has 4 aromatic rings. The molecule has 0 radical (unpaired) electrons. The van der Waals surface area contributed by atoms with Crippen LogP contribution in [0.5, 0.6) is 0 Å². The minimum Gasteiger partial charge on any atom is -0.322 e. The number of nitrogens with one attached hydrogen (secondary N) is 2. The second-order valence-corrected chi connectivity index (χ2v) is 5.94. The number of anilines is 2. The van der Waals surface area contributed by atoms with E-state index in [9.17, 15) is 4.79 Å². The number of carbonyl (C=O) groups is 1. The van der Waals surface area contributed by atoms with Gasteiger partial charge < -0.3 is 5.32 Å². The van der Waals surface area contributed by atoms with E-state index >= 15 is 0 Å². The number of aromatic amines is 1. The quantitative estimate of drug-likeness (QED) is 0.564. The maximum Gasteiger partial charge on any atom is 0.242 e. The van der Waals surface area contributed by atoms with E-state index in [1.807, 2.05) is 36.6 Å². The summed E-state index contributed by atoms with van der Waals surface area (Å²) in [4.78, 5) is 17.5. The van der Waals surface area contributed by atoms with Crippen molar-refractivity contribution >= 4 is 34.3 Å². The van der Waals surface area contributed by atoms with Crippen molar-refractivity contribution in [2.75, 3.05) is 5.32 Å². The van der Waals surface area contributed by atoms with Gasteiger partial charge in [-0.05, 0) is 30.5 Å². The van der Waals surface area contributed by atoms with E-state index in [1.54, 1.807) is 16.8 Å². The van der Waals surface area contributed by atoms with E-state index in [4.69, 9.17) is 0 Å². The van der Waals surface area contributed by atoms with Gasteiger partial charge in [0.05, 0.1) is 4.88 Å². The fourth-order valence-electron chi connectivity index (χ4n) is 2.24. The number of ketones is 1. The van der Waals surface area contributed by atoms with Crippen LogP contribution in [0, 0.1) is 6.92 Å². The first-order chi connectivity index (χ1) is 11.2. The number of carbonyl (C=O) groups excluding carboxylic acids is 1. The van der Waals surface area contributed by atoms with Crippen LogP contribution in [0.3, 0.4) is 0 Å². The monoisotopic (exact) mass is 324 g/mol. The minimum atomic E-state index is -0.197. The van der Waals surface area contributed by atoms with Crippen LogP contribution >= 0.6 is 11.3 Å². The van der Waals surface area contributed by atoms with Gasteiger partial charge in [0.25, 0.3) is 0 Å². The summed E-state index contributed by atoms with van der Waals surface area (Å²) in [6.07, 6.45) is 1.78. The van der Waals surface area contributed by atoms with Crippen LogP contribution in [0.4, 0.5) is 11.6 Å². The smallest absolute Gasteiger partial charge is 0.242 e. The number of rotatable bonds is 4. The summed E-state index contributed by atoms with van der Waals surface area (Å²) >= 11 is 1.37. The van der Waals surface area contributed by atoms with Crippen LogP contribution in [-0.4, -0.2) is 30.6 Å². The zero-order chi connectivity index (χ0) is 15.8. The van der Waals surface area contributed by atoms with Gasteiger partial charge in [0.1, 0.15) is 5.52 Å². The van der Waals surface area contributed by atoms with Crippen LogP contribution in [0.1, 0.15) is 21.2 Å². The average Bonchev–Trinajstić information content (AvgIpc) is 3.27. The van der Waals surface area contributed by atoms with Crippen molar-refractivity contribution in [1.82, 2.24) is 24.8 Å². The molecule has 4 rings (SSSR count). The number of fused-ring (bicyclic) bond motifs is 1. The molecule has 0 aromatic carbocycles. The van der Waals surface area contributed by atoms with Gasteiger partial charge in [-0.2, -0.15) is 5.10 Å². The van der Waals surface area contributed by atoms with Crippen molar-refractivity contribution in [3.8, 4) is 0 Å². The summed E-state index contributed by atoms with van der Waals surface area (Å²) in [5, 5.41) is 16.3. The zero-order valence-corrected chi connectivity index (χ0v) is 13.0. The first kappa shape index (κ1) is 13.6. The van der Waals surface area contributed by atoms with E-state index in [2.05, 4.69) is 25.6 Å². The van der Waals surface area contributed by atoms with Crippen molar-refractivity contribution in [2.24, 2.45) is 0 Å². The molecule has 0 bridgehead atoms. The highest BCUT2D eigenvalue weighted by molar-refractivity contribution is 7.12. The van der Waals surface area contributed by atoms with Crippen molar-refractivity contribution in [3.05, 3.63) is 58.3 Å². The molecule has 0 saturated carbocycles. The third kappa shape index (κ3) is 2.49. The third-order valence-electron chi connectivity index (χ3n) is 3.29. The largest absolute Gasteiger partial charge is 0.322 e. The van der Waals surface area contributed by atoms with Gasteiger partial charge in [-0.1, -0.05) is 6.07 Å². The van der Waals surface area contributed by atoms with E-state index in [0.717, 1.165) is 11.2 Å². The molecule has 4 aromatic heterocycles. The van der Waals surface area contributed by atoms with Crippen LogP contribution < -0.4 is 5.32 Å². The Morgan fingerprint density at radius 1 is 1.35 bits per heavy atom. The maximum atomic E-state index is 12.5. The fraction of sp³-hybridized carbons (Fsp3) is 0.0667. The molecule has 0 spiro atoms. The summed E-state index contributed by atoms with van der Waals surface area (Å²) in [5.41, 5.74) is 1.70. The number of aromatic nitrogens is 5. The topological polar surface area (TPSA) is 88.0 Å². The molecule has 8 heteroatoms. The maximum absolute atomic E-state index is 12.5. The van der Waals surface area contributed by atoms with Crippen molar-refractivity contribution in [3.63, 3.8) is 0 Å². The lowest BCUT2D eigenvalue weighted by Gasteiger charge is -2.06. The standard InChI is InChI=1S/C15H12N6OS/c1-9-8-12(19-18-9)16-14-10-4-2-6-21(10)20-15(17-14)13(22)11-5-3-7-23-11/h2-8H,1H3,(H2,16,17,18,19,20). The summed E-state index contributed by atoms with van der Waals surface area (Å²) < 4.78 is 1.63. The van der Waals surface area contributed by atoms with Gasteiger partial charge in [0.15, 0.2) is 11.6 Å². The fourth-order valence-corrected chi connectivity index (χ4v) is 2.90. The Bertz CT molecular complexity index is 985. The highest BCUT2D eigenvalue weighted by Crippen LogP contribution is 2.21. The van der Waals surface area contributed by atoms with Crippen molar-refractivity contribution < 1.29 is 4.79 Å². The molecule has 0 saturated heterocycles. The molecular weight excluding hydrogens is 312 g/mol. The molecule has 7 nitrogen and oxygen atoms in total. The zero-order valence-electron chi connectivity index (χ0n) is 12.1. The normalized spacial score (nSPS) is 11.0. The van der Waals surface area contributed by atoms with E-state index in [-0.39, 0.29) is 11.6 Å². The summed E-state index contributed by atoms with van der Waals surface area (Å²) in [5.74, 6) is 1.12. The predicted octanol–water partition coefficient (Wildman–Crippen LogP) is 2.80. The second kappa shape index (κ2) is 5.33. The number of aryl methyl sites for hydroxylation is 1. The lowest BCUT2D eigenvalue weighted by molar-refractivity contribution is 0.103. The minimum absolute atomic E-state index is 0.144. The number of H-pyrrole nitrogens is 1. The van der Waals surface area contributed by atoms with Crippen molar-refractivity contribution in [1.29, 1.82) is 0 Å². The molecule has 23 heavy (non-hydrogen) atoms. The molecule has 0 unspecified atom stereocenters. The number of thiophene rings is 1. The van der Waals surface area contributed by atoms with Gasteiger partial charge >= 0.3 is 0 Å². The van der Waals surface area contributed by atoms with Crippen LogP contribution in [-0.2, 0) is 0 Å². The molecular formula is C15H12N6OS. The van der Waals surface area contributed by atoms with Gasteiger partial charge in [-0.3, -0.25) is 9.89 Å². The van der Waals surface area contributed by atoms with Gasteiger partial charge in [-0.25, -0.2) is 9.50 Å². The van der Waals surface area contributed by atoms with Crippen LogP contribution in [0.2, 0.25) is 0 Å². The van der Waals surface area contributed by atoms with Crippen molar-refractivity contribution in [2.45, 2.75) is 6.92 Å². The Balaban J connectivity index is 1.79. The molecule has 4 heterocycles. The van der Waals surface area contributed by atoms with Gasteiger partial charge in [-0.15, -0.1) is 16.4 Å². The molecule has 0 atom stereocenters. The molecule has 0 amide bonds. The second-order valence-electron chi connectivity index (χ2n) is 4.99. The molecule has 2 N–H and O–H groups in total. The number of hydrogen-bond acceptors (Lipinski definition) is 6. The summed E-state index contributed by atoms with van der Waals surface area (Å²) in [6, 6.07) is 9.19. The average molecular weight is 324 g/mol. The lowest BCUT2D eigenvalue weighted by Crippen LogP contribution is -2.11. The van der Waals surface area contributed by atoms with Gasteiger partial charge in [0, 0.05) is 18.0 Å². The Morgan fingerprint density at radius 3 is 3.00 bits per heavy atom. The molecule has 0 aliphatic carbocycles. The Kier molecular flexibility index (Phi) is 3.16. The number of hydrogen-bond donors (Lipinski definition) is 2.